The van der Waals surface area contributed by atoms with Crippen molar-refractivity contribution in [2.75, 3.05) is 13.7 Å². The average molecular weight is 353 g/mol. The molecule has 0 spiro atoms. The summed E-state index contributed by atoms with van der Waals surface area (Å²) in [6, 6.07) is 8.02. The Kier molecular flexibility index (Phi) is 14.1. The Labute approximate surface area is 153 Å². The lowest BCUT2D eigenvalue weighted by molar-refractivity contribution is -0.127. The molecular weight excluding hydrogens is 316 g/mol. The van der Waals surface area contributed by atoms with E-state index in [4.69, 9.17) is 19.7 Å². The van der Waals surface area contributed by atoms with Gasteiger partial charge in [-0.05, 0) is 50.8 Å². The Bertz CT molecular complexity index is 426. The number of ether oxygens (including phenoxy) is 2. The zero-order valence-corrected chi connectivity index (χ0v) is 16.3. The Hall–Kier alpha value is -1.36. The number of aliphatic hydroxyl groups is 2. The minimum Gasteiger partial charge on any atom is -0.497 e. The molecule has 0 aliphatic rings. The summed E-state index contributed by atoms with van der Waals surface area (Å²) in [4.78, 5) is 0. The highest BCUT2D eigenvalue weighted by Gasteiger charge is 2.00. The molecule has 0 fully saturated rings. The SMILES string of the molecule is CC(C)(O)O.CCCCCC/C=C\CCOCc1ccc(OC)cc1. The number of rotatable bonds is 11. The lowest BCUT2D eigenvalue weighted by Crippen LogP contribution is -2.15. The van der Waals surface area contributed by atoms with Crippen molar-refractivity contribution in [3.8, 4) is 5.75 Å². The van der Waals surface area contributed by atoms with E-state index in [1.54, 1.807) is 7.11 Å². The molecule has 0 atom stereocenters. The molecule has 0 bridgehead atoms. The van der Waals surface area contributed by atoms with Crippen LogP contribution in [0.25, 0.3) is 0 Å². The molecule has 0 saturated carbocycles. The third kappa shape index (κ3) is 18.8. The summed E-state index contributed by atoms with van der Waals surface area (Å²) in [6.07, 6.45) is 12.1. The Balaban J connectivity index is 0.00000101. The van der Waals surface area contributed by atoms with Gasteiger partial charge in [-0.15, -0.1) is 0 Å². The lowest BCUT2D eigenvalue weighted by atomic mass is 10.1. The Morgan fingerprint density at radius 2 is 1.56 bits per heavy atom. The first-order valence-corrected chi connectivity index (χ1v) is 9.17. The average Bonchev–Trinajstić information content (AvgIpc) is 2.55. The van der Waals surface area contributed by atoms with Crippen molar-refractivity contribution in [2.24, 2.45) is 0 Å². The topological polar surface area (TPSA) is 58.9 Å². The van der Waals surface area contributed by atoms with Crippen LogP contribution in [0, 0.1) is 0 Å². The summed E-state index contributed by atoms with van der Waals surface area (Å²) in [7, 11) is 1.68. The summed E-state index contributed by atoms with van der Waals surface area (Å²) in [6.45, 7) is 6.31. The van der Waals surface area contributed by atoms with Crippen molar-refractivity contribution in [1.82, 2.24) is 0 Å². The smallest absolute Gasteiger partial charge is 0.156 e. The van der Waals surface area contributed by atoms with Gasteiger partial charge in [0.05, 0.1) is 20.3 Å². The maximum absolute atomic E-state index is 8.08. The van der Waals surface area contributed by atoms with Crippen molar-refractivity contribution in [1.29, 1.82) is 0 Å². The monoisotopic (exact) mass is 352 g/mol. The second-order valence-electron chi connectivity index (χ2n) is 6.50. The van der Waals surface area contributed by atoms with Crippen LogP contribution in [0.4, 0.5) is 0 Å². The molecule has 0 amide bonds. The molecule has 1 aromatic carbocycles. The van der Waals surface area contributed by atoms with Crippen molar-refractivity contribution in [2.45, 2.75) is 71.7 Å². The highest BCUT2D eigenvalue weighted by atomic mass is 16.5. The van der Waals surface area contributed by atoms with Gasteiger partial charge in [0.15, 0.2) is 5.79 Å². The van der Waals surface area contributed by atoms with Crippen LogP contribution in [0.2, 0.25) is 0 Å². The summed E-state index contributed by atoms with van der Waals surface area (Å²) in [5.41, 5.74) is 1.19. The van der Waals surface area contributed by atoms with Crippen molar-refractivity contribution >= 4 is 0 Å². The van der Waals surface area contributed by atoms with Crippen LogP contribution in [0.1, 0.15) is 64.9 Å². The standard InChI is InChI=1S/C18H28O2.C3H8O2/c1-3-4-5-6-7-8-9-10-15-20-16-17-11-13-18(19-2)14-12-17;1-3(2,4)5/h8-9,11-14H,3-7,10,15-16H2,1-2H3;4-5H,1-2H3/b9-8-;. The summed E-state index contributed by atoms with van der Waals surface area (Å²) in [5, 5.41) is 16.2. The van der Waals surface area contributed by atoms with Crippen LogP contribution in [0.15, 0.2) is 36.4 Å². The number of unbranched alkanes of at least 4 members (excludes halogenated alkanes) is 4. The highest BCUT2D eigenvalue weighted by molar-refractivity contribution is 5.26. The van der Waals surface area contributed by atoms with E-state index in [2.05, 4.69) is 19.1 Å². The van der Waals surface area contributed by atoms with Crippen LogP contribution in [-0.4, -0.2) is 29.7 Å². The minimum atomic E-state index is -1.50. The van der Waals surface area contributed by atoms with E-state index in [1.807, 2.05) is 24.3 Å². The fraction of sp³-hybridized carbons (Fsp3) is 0.619. The van der Waals surface area contributed by atoms with Gasteiger partial charge in [0.25, 0.3) is 0 Å². The summed E-state index contributed by atoms with van der Waals surface area (Å²) in [5.74, 6) is -0.611. The number of allylic oxidation sites excluding steroid dienone is 1. The molecule has 0 heterocycles. The van der Waals surface area contributed by atoms with Crippen molar-refractivity contribution < 1.29 is 19.7 Å². The van der Waals surface area contributed by atoms with E-state index in [0.29, 0.717) is 6.61 Å². The molecule has 1 aromatic rings. The van der Waals surface area contributed by atoms with E-state index >= 15 is 0 Å². The van der Waals surface area contributed by atoms with Crippen LogP contribution in [0.3, 0.4) is 0 Å². The molecular formula is C21H36O4. The van der Waals surface area contributed by atoms with Gasteiger partial charge in [0.2, 0.25) is 0 Å². The molecule has 0 aliphatic heterocycles. The number of hydrogen-bond acceptors (Lipinski definition) is 4. The fourth-order valence-corrected chi connectivity index (χ4v) is 1.99. The van der Waals surface area contributed by atoms with Crippen LogP contribution < -0.4 is 4.74 Å². The van der Waals surface area contributed by atoms with Gasteiger partial charge in [-0.2, -0.15) is 0 Å². The van der Waals surface area contributed by atoms with Crippen LogP contribution >= 0.6 is 0 Å². The zero-order valence-electron chi connectivity index (χ0n) is 16.3. The van der Waals surface area contributed by atoms with Gasteiger partial charge in [0, 0.05) is 0 Å². The Morgan fingerprint density at radius 1 is 0.960 bits per heavy atom. The number of methoxy groups -OCH3 is 1. The molecule has 144 valence electrons. The molecule has 0 radical (unpaired) electrons. The molecule has 0 unspecified atom stereocenters. The maximum Gasteiger partial charge on any atom is 0.156 e. The first-order chi connectivity index (χ1) is 11.9. The van der Waals surface area contributed by atoms with Gasteiger partial charge in [-0.25, -0.2) is 0 Å². The largest absolute Gasteiger partial charge is 0.497 e. The first-order valence-electron chi connectivity index (χ1n) is 9.17. The summed E-state index contributed by atoms with van der Waals surface area (Å²) < 4.78 is 10.8. The van der Waals surface area contributed by atoms with E-state index in [1.165, 1.54) is 51.5 Å². The Morgan fingerprint density at radius 3 is 2.12 bits per heavy atom. The van der Waals surface area contributed by atoms with Crippen molar-refractivity contribution in [3.63, 3.8) is 0 Å². The van der Waals surface area contributed by atoms with Crippen LogP contribution in [0.5, 0.6) is 5.75 Å². The van der Waals surface area contributed by atoms with Crippen LogP contribution in [-0.2, 0) is 11.3 Å². The fourth-order valence-electron chi connectivity index (χ4n) is 1.99. The molecule has 25 heavy (non-hydrogen) atoms. The highest BCUT2D eigenvalue weighted by Crippen LogP contribution is 2.12. The van der Waals surface area contributed by atoms with Gasteiger partial charge in [0.1, 0.15) is 5.75 Å². The zero-order chi connectivity index (χ0) is 19.0. The van der Waals surface area contributed by atoms with Gasteiger partial charge in [-0.1, -0.05) is 50.5 Å². The van der Waals surface area contributed by atoms with Gasteiger partial charge >= 0.3 is 0 Å². The molecule has 0 saturated heterocycles. The summed E-state index contributed by atoms with van der Waals surface area (Å²) >= 11 is 0. The van der Waals surface area contributed by atoms with E-state index in [9.17, 15) is 0 Å². The molecule has 0 aromatic heterocycles. The quantitative estimate of drug-likeness (QED) is 0.340. The normalized spacial score (nSPS) is 11.3. The van der Waals surface area contributed by atoms with E-state index in [-0.39, 0.29) is 0 Å². The van der Waals surface area contributed by atoms with Crippen molar-refractivity contribution in [3.05, 3.63) is 42.0 Å². The number of benzene rings is 1. The molecule has 2 N–H and O–H groups in total. The predicted octanol–water partition coefficient (Wildman–Crippen LogP) is 4.84. The maximum atomic E-state index is 8.08. The van der Waals surface area contributed by atoms with E-state index in [0.717, 1.165) is 18.8 Å². The second kappa shape index (κ2) is 14.9. The second-order valence-corrected chi connectivity index (χ2v) is 6.50. The van der Waals surface area contributed by atoms with Gasteiger partial charge in [-0.3, -0.25) is 0 Å². The molecule has 4 nitrogen and oxygen atoms in total. The van der Waals surface area contributed by atoms with E-state index < -0.39 is 5.79 Å². The molecule has 1 rings (SSSR count). The first kappa shape index (κ1) is 23.6. The number of hydrogen-bond donors (Lipinski definition) is 2. The lowest BCUT2D eigenvalue weighted by Gasteiger charge is -2.04. The predicted molar refractivity (Wildman–Crippen MR) is 104 cm³/mol. The molecule has 4 heteroatoms. The molecule has 0 aliphatic carbocycles. The third-order valence-electron chi connectivity index (χ3n) is 3.25. The third-order valence-corrected chi connectivity index (χ3v) is 3.25. The van der Waals surface area contributed by atoms with Gasteiger partial charge < -0.3 is 19.7 Å². The minimum absolute atomic E-state index is 0.675.